The Morgan fingerprint density at radius 2 is 1.14 bits per heavy atom. The summed E-state index contributed by atoms with van der Waals surface area (Å²) in [6.45, 7) is 11.2. The van der Waals surface area contributed by atoms with Crippen molar-refractivity contribution in [3.63, 3.8) is 0 Å². The molecule has 0 aromatic rings. The summed E-state index contributed by atoms with van der Waals surface area (Å²) in [4.78, 5) is 56.0. The van der Waals surface area contributed by atoms with E-state index in [2.05, 4.69) is 48.4 Å². The largest absolute Gasteiger partial charge is 0.466 e. The molecule has 2 amide bonds. The molecule has 0 heterocycles. The molecule has 0 spiro atoms. The second-order valence-electron chi connectivity index (χ2n) is 16.8. The van der Waals surface area contributed by atoms with Gasteiger partial charge in [-0.05, 0) is 112 Å². The fourth-order valence-electron chi connectivity index (χ4n) is 6.60. The zero-order valence-electron chi connectivity index (χ0n) is 37.4. The Kier molecular flexibility index (Phi) is 34.9. The van der Waals surface area contributed by atoms with E-state index >= 15 is 0 Å². The van der Waals surface area contributed by atoms with Crippen LogP contribution in [0.3, 0.4) is 0 Å². The fourth-order valence-corrected chi connectivity index (χ4v) is 6.60. The van der Waals surface area contributed by atoms with Crippen LogP contribution in [0, 0.1) is 0 Å². The molecule has 0 aromatic heterocycles. The van der Waals surface area contributed by atoms with E-state index < -0.39 is 17.6 Å². The molecule has 326 valence electrons. The number of ether oxygens (including phenoxy) is 2. The second kappa shape index (κ2) is 36.6. The predicted octanol–water partition coefficient (Wildman–Crippen LogP) is 11.0. The topological polar surface area (TPSA) is 105 Å². The van der Waals surface area contributed by atoms with Gasteiger partial charge in [-0.3, -0.25) is 19.2 Å². The van der Waals surface area contributed by atoms with Crippen LogP contribution in [0.25, 0.3) is 0 Å². The van der Waals surface area contributed by atoms with Crippen LogP contribution in [0.15, 0.2) is 24.3 Å². The minimum Gasteiger partial charge on any atom is -0.466 e. The highest BCUT2D eigenvalue weighted by Crippen LogP contribution is 2.17. The third-order valence-electron chi connectivity index (χ3n) is 9.79. The molecule has 0 aliphatic heterocycles. The highest BCUT2D eigenvalue weighted by molar-refractivity contribution is 5.89. The summed E-state index contributed by atoms with van der Waals surface area (Å²) in [6.07, 6.45) is 35.1. The predicted molar refractivity (Wildman–Crippen MR) is 234 cm³/mol. The van der Waals surface area contributed by atoms with Crippen LogP contribution in [0.4, 0.5) is 0 Å². The van der Waals surface area contributed by atoms with Gasteiger partial charge in [0.2, 0.25) is 11.8 Å². The maximum atomic E-state index is 13.8. The van der Waals surface area contributed by atoms with Crippen LogP contribution in [-0.2, 0) is 28.7 Å². The quantitative estimate of drug-likeness (QED) is 0.0379. The molecule has 0 aliphatic carbocycles. The normalized spacial score (nSPS) is 12.4. The second-order valence-corrected chi connectivity index (χ2v) is 16.8. The Morgan fingerprint density at radius 1 is 0.607 bits per heavy atom. The number of carbonyl (C=O) groups excluding carboxylic acids is 4. The molecule has 1 N–H and O–H groups in total. The molecule has 0 aromatic carbocycles. The number of esters is 2. The first-order valence-corrected chi connectivity index (χ1v) is 22.8. The Labute approximate surface area is 344 Å². The summed E-state index contributed by atoms with van der Waals surface area (Å²) in [5.41, 5.74) is -0.658. The number of carbonyl (C=O) groups is 4. The van der Waals surface area contributed by atoms with Crippen molar-refractivity contribution >= 4 is 23.8 Å². The number of hydrogen-bond acceptors (Lipinski definition) is 7. The van der Waals surface area contributed by atoms with Crippen LogP contribution < -0.4 is 5.32 Å². The van der Waals surface area contributed by atoms with Crippen LogP contribution >= 0.6 is 0 Å². The summed E-state index contributed by atoms with van der Waals surface area (Å²) in [7, 11) is 4.00. The van der Waals surface area contributed by atoms with E-state index in [0.29, 0.717) is 45.3 Å². The Bertz CT molecular complexity index is 1050. The first kappa shape index (κ1) is 53.3. The smallest absolute Gasteiger partial charge is 0.325 e. The Hall–Kier alpha value is -2.68. The molecule has 0 saturated carbocycles. The lowest BCUT2D eigenvalue weighted by molar-refractivity contribution is -0.155. The van der Waals surface area contributed by atoms with Crippen molar-refractivity contribution in [2.75, 3.05) is 40.3 Å². The van der Waals surface area contributed by atoms with Gasteiger partial charge in [-0.2, -0.15) is 0 Å². The first-order chi connectivity index (χ1) is 26.9. The zero-order valence-corrected chi connectivity index (χ0v) is 37.4. The molecular weight excluding hydrogens is 703 g/mol. The maximum Gasteiger partial charge on any atom is 0.325 e. The summed E-state index contributed by atoms with van der Waals surface area (Å²) in [6, 6.07) is -0.686. The Balaban J connectivity index is 5.04. The van der Waals surface area contributed by atoms with Crippen LogP contribution in [0.1, 0.15) is 202 Å². The molecule has 0 rings (SSSR count). The number of nitrogens with zero attached hydrogens (tertiary/aromatic N) is 2. The van der Waals surface area contributed by atoms with Gasteiger partial charge < -0.3 is 24.6 Å². The number of allylic oxidation sites excluding steroid dienone is 4. The SMILES string of the molecule is CCCCC/C=C\C/C=C\CCCCCCCC(=O)N(CCCN(C)C)C(CCCCCOC(=O)CCCCCCCCCC)C(=O)NCC(=O)OC(C)(C)C. The van der Waals surface area contributed by atoms with E-state index in [4.69, 9.17) is 9.47 Å². The van der Waals surface area contributed by atoms with Crippen molar-refractivity contribution in [2.24, 2.45) is 0 Å². The highest BCUT2D eigenvalue weighted by atomic mass is 16.6. The number of hydrogen-bond donors (Lipinski definition) is 1. The molecule has 0 bridgehead atoms. The molecule has 0 saturated heterocycles. The fraction of sp³-hybridized carbons (Fsp3) is 0.830. The lowest BCUT2D eigenvalue weighted by atomic mass is 10.0. The molecule has 1 unspecified atom stereocenters. The summed E-state index contributed by atoms with van der Waals surface area (Å²) in [5, 5.41) is 2.77. The van der Waals surface area contributed by atoms with Crippen molar-refractivity contribution in [3.8, 4) is 0 Å². The molecule has 56 heavy (non-hydrogen) atoms. The standard InChI is InChI=1S/C47H87N3O6/c1-8-10-12-14-16-18-19-20-21-22-23-24-25-27-31-36-43(51)50(39-34-38-49(6)7)42(46(54)48-41-45(53)56-47(3,4)5)35-30-29-33-40-55-44(52)37-32-28-26-17-15-13-11-9-2/h16,18,20-21,42H,8-15,17,19,22-41H2,1-7H3,(H,48,54)/b18-16-,21-20-. The first-order valence-electron chi connectivity index (χ1n) is 22.8. The molecule has 9 heteroatoms. The Morgan fingerprint density at radius 3 is 1.75 bits per heavy atom. The summed E-state index contributed by atoms with van der Waals surface area (Å²) >= 11 is 0. The molecule has 1 atom stereocenters. The van der Waals surface area contributed by atoms with Crippen molar-refractivity contribution in [1.29, 1.82) is 0 Å². The zero-order chi connectivity index (χ0) is 41.7. The van der Waals surface area contributed by atoms with E-state index in [-0.39, 0.29) is 24.3 Å². The summed E-state index contributed by atoms with van der Waals surface area (Å²) < 4.78 is 10.9. The third-order valence-corrected chi connectivity index (χ3v) is 9.79. The van der Waals surface area contributed by atoms with Gasteiger partial charge >= 0.3 is 11.9 Å². The molecular formula is C47H87N3O6. The van der Waals surface area contributed by atoms with Gasteiger partial charge in [0.25, 0.3) is 0 Å². The van der Waals surface area contributed by atoms with Gasteiger partial charge in [-0.25, -0.2) is 0 Å². The van der Waals surface area contributed by atoms with Gasteiger partial charge in [0.15, 0.2) is 0 Å². The highest BCUT2D eigenvalue weighted by Gasteiger charge is 2.30. The number of amides is 2. The number of nitrogens with one attached hydrogen (secondary N) is 1. The number of rotatable bonds is 37. The van der Waals surface area contributed by atoms with E-state index in [9.17, 15) is 19.2 Å². The molecule has 0 fully saturated rings. The van der Waals surface area contributed by atoms with Crippen molar-refractivity contribution < 1.29 is 28.7 Å². The lowest BCUT2D eigenvalue weighted by Gasteiger charge is -2.32. The van der Waals surface area contributed by atoms with Crippen LogP contribution in [0.2, 0.25) is 0 Å². The maximum absolute atomic E-state index is 13.8. The van der Waals surface area contributed by atoms with Gasteiger partial charge in [0, 0.05) is 19.4 Å². The van der Waals surface area contributed by atoms with Gasteiger partial charge in [-0.15, -0.1) is 0 Å². The van der Waals surface area contributed by atoms with E-state index in [1.165, 1.54) is 64.2 Å². The van der Waals surface area contributed by atoms with Crippen LogP contribution in [0.5, 0.6) is 0 Å². The van der Waals surface area contributed by atoms with Crippen molar-refractivity contribution in [3.05, 3.63) is 24.3 Å². The van der Waals surface area contributed by atoms with Crippen LogP contribution in [-0.4, -0.2) is 85.5 Å². The molecule has 0 aliphatic rings. The van der Waals surface area contributed by atoms with E-state index in [1.54, 1.807) is 25.7 Å². The minimum atomic E-state index is -0.686. The van der Waals surface area contributed by atoms with E-state index in [1.807, 2.05) is 14.1 Å². The minimum absolute atomic E-state index is 0.0123. The van der Waals surface area contributed by atoms with Gasteiger partial charge in [0.05, 0.1) is 6.61 Å². The molecule has 9 nitrogen and oxygen atoms in total. The number of unbranched alkanes of at least 4 members (excludes halogenated alkanes) is 17. The third kappa shape index (κ3) is 34.6. The van der Waals surface area contributed by atoms with Crippen molar-refractivity contribution in [1.82, 2.24) is 15.1 Å². The van der Waals surface area contributed by atoms with Gasteiger partial charge in [0.1, 0.15) is 18.2 Å². The van der Waals surface area contributed by atoms with Crippen molar-refractivity contribution in [2.45, 2.75) is 213 Å². The molecule has 0 radical (unpaired) electrons. The van der Waals surface area contributed by atoms with E-state index in [0.717, 1.165) is 77.2 Å². The van der Waals surface area contributed by atoms with Gasteiger partial charge in [-0.1, -0.05) is 122 Å². The lowest BCUT2D eigenvalue weighted by Crippen LogP contribution is -2.51. The average Bonchev–Trinajstić information content (AvgIpc) is 3.14. The summed E-state index contributed by atoms with van der Waals surface area (Å²) in [5.74, 6) is -0.983. The monoisotopic (exact) mass is 790 g/mol. The average molecular weight is 790 g/mol.